The van der Waals surface area contributed by atoms with E-state index in [1.165, 1.54) is 38.9 Å². The molecule has 0 bridgehead atoms. The summed E-state index contributed by atoms with van der Waals surface area (Å²) in [6.45, 7) is 10.8. The first kappa shape index (κ1) is 15.7. The van der Waals surface area contributed by atoms with Gasteiger partial charge in [0.2, 0.25) is 0 Å². The lowest BCUT2D eigenvalue weighted by molar-refractivity contribution is 0.549. The molecule has 0 aliphatic carbocycles. The van der Waals surface area contributed by atoms with Crippen LogP contribution in [0.1, 0.15) is 45.0 Å². The molecule has 21 heavy (non-hydrogen) atoms. The monoisotopic (exact) mass is 282 g/mol. The summed E-state index contributed by atoms with van der Waals surface area (Å²) in [5.41, 5.74) is 12.3. The average molecular weight is 282 g/mol. The van der Waals surface area contributed by atoms with E-state index in [9.17, 15) is 0 Å². The zero-order chi connectivity index (χ0) is 15.6. The van der Waals surface area contributed by atoms with Gasteiger partial charge >= 0.3 is 0 Å². The molecule has 0 spiro atoms. The summed E-state index contributed by atoms with van der Waals surface area (Å²) in [6, 6.07) is 11.2. The molecule has 1 unspecified atom stereocenters. The maximum atomic E-state index is 5.82. The highest BCUT2D eigenvalue weighted by Gasteiger charge is 2.14. The van der Waals surface area contributed by atoms with Gasteiger partial charge in [0.25, 0.3) is 0 Å². The SMILES string of the molecule is Cc1cc(C)c(CC(NN)c2ccc(C)c(C)c2)c(C)c1. The number of hydrazine groups is 1. The second-order valence-electron chi connectivity index (χ2n) is 6.14. The largest absolute Gasteiger partial charge is 0.271 e. The van der Waals surface area contributed by atoms with Crippen molar-refractivity contribution in [1.82, 2.24) is 5.43 Å². The first-order chi connectivity index (χ1) is 9.92. The van der Waals surface area contributed by atoms with Gasteiger partial charge in [-0.1, -0.05) is 35.9 Å². The Balaban J connectivity index is 2.33. The van der Waals surface area contributed by atoms with E-state index < -0.39 is 0 Å². The zero-order valence-corrected chi connectivity index (χ0v) is 13.7. The molecular weight excluding hydrogens is 256 g/mol. The lowest BCUT2D eigenvalue weighted by Gasteiger charge is -2.20. The number of hydrogen-bond acceptors (Lipinski definition) is 2. The van der Waals surface area contributed by atoms with Gasteiger partial charge in [0, 0.05) is 0 Å². The fraction of sp³-hybridized carbons (Fsp3) is 0.368. The molecule has 0 aliphatic heterocycles. The highest BCUT2D eigenvalue weighted by atomic mass is 15.2. The molecule has 1 atom stereocenters. The van der Waals surface area contributed by atoms with E-state index in [4.69, 9.17) is 5.84 Å². The molecular formula is C19H26N2. The summed E-state index contributed by atoms with van der Waals surface area (Å²) in [6.07, 6.45) is 0.914. The average Bonchev–Trinajstić information content (AvgIpc) is 2.41. The van der Waals surface area contributed by atoms with E-state index in [-0.39, 0.29) is 6.04 Å². The number of rotatable bonds is 4. The van der Waals surface area contributed by atoms with Gasteiger partial charge < -0.3 is 0 Å². The van der Waals surface area contributed by atoms with Crippen molar-refractivity contribution in [3.05, 3.63) is 69.3 Å². The van der Waals surface area contributed by atoms with Crippen LogP contribution in [-0.2, 0) is 6.42 Å². The molecule has 3 N–H and O–H groups in total. The quantitative estimate of drug-likeness (QED) is 0.657. The standard InChI is InChI=1S/C19H26N2/c1-12-8-15(4)18(16(5)9-12)11-19(21-20)17-7-6-13(2)14(3)10-17/h6-10,19,21H,11,20H2,1-5H3. The Morgan fingerprint density at radius 2 is 1.48 bits per heavy atom. The topological polar surface area (TPSA) is 38.0 Å². The second-order valence-corrected chi connectivity index (χ2v) is 6.14. The van der Waals surface area contributed by atoms with Crippen molar-refractivity contribution in [2.45, 2.75) is 47.1 Å². The normalized spacial score (nSPS) is 12.5. The number of benzene rings is 2. The van der Waals surface area contributed by atoms with E-state index in [0.717, 1.165) is 6.42 Å². The molecule has 2 nitrogen and oxygen atoms in total. The Labute approximate surface area is 128 Å². The van der Waals surface area contributed by atoms with Crippen molar-refractivity contribution in [3.8, 4) is 0 Å². The van der Waals surface area contributed by atoms with Crippen LogP contribution < -0.4 is 11.3 Å². The van der Waals surface area contributed by atoms with E-state index in [1.807, 2.05) is 0 Å². The molecule has 0 heterocycles. The highest BCUT2D eigenvalue weighted by Crippen LogP contribution is 2.25. The van der Waals surface area contributed by atoms with Crippen LogP contribution >= 0.6 is 0 Å². The fourth-order valence-electron chi connectivity index (χ4n) is 2.99. The Bertz CT molecular complexity index is 621. The van der Waals surface area contributed by atoms with E-state index in [0.29, 0.717) is 0 Å². The molecule has 0 radical (unpaired) electrons. The Kier molecular flexibility index (Phi) is 4.81. The second kappa shape index (κ2) is 6.42. The van der Waals surface area contributed by atoms with Crippen LogP contribution in [0.25, 0.3) is 0 Å². The molecule has 0 saturated carbocycles. The van der Waals surface area contributed by atoms with Crippen molar-refractivity contribution in [1.29, 1.82) is 0 Å². The van der Waals surface area contributed by atoms with E-state index in [2.05, 4.69) is 70.4 Å². The van der Waals surface area contributed by atoms with Crippen LogP contribution in [0.2, 0.25) is 0 Å². The predicted octanol–water partition coefficient (Wildman–Crippen LogP) is 3.98. The smallest absolute Gasteiger partial charge is 0.0500 e. The summed E-state index contributed by atoms with van der Waals surface area (Å²) in [5.74, 6) is 5.82. The third-order valence-electron chi connectivity index (χ3n) is 4.38. The molecule has 2 heteroatoms. The lowest BCUT2D eigenvalue weighted by atomic mass is 9.91. The molecule has 0 fully saturated rings. The Morgan fingerprint density at radius 3 is 2.00 bits per heavy atom. The minimum Gasteiger partial charge on any atom is -0.271 e. The molecule has 112 valence electrons. The first-order valence-electron chi connectivity index (χ1n) is 7.52. The van der Waals surface area contributed by atoms with Crippen molar-refractivity contribution >= 4 is 0 Å². The van der Waals surface area contributed by atoms with Crippen LogP contribution in [0.3, 0.4) is 0 Å². The van der Waals surface area contributed by atoms with Crippen LogP contribution in [0, 0.1) is 34.6 Å². The predicted molar refractivity (Wildman–Crippen MR) is 90.3 cm³/mol. The zero-order valence-electron chi connectivity index (χ0n) is 13.7. The fourth-order valence-corrected chi connectivity index (χ4v) is 2.99. The van der Waals surface area contributed by atoms with E-state index in [1.54, 1.807) is 0 Å². The number of hydrogen-bond donors (Lipinski definition) is 2. The summed E-state index contributed by atoms with van der Waals surface area (Å²) in [5, 5.41) is 0. The van der Waals surface area contributed by atoms with Crippen molar-refractivity contribution < 1.29 is 0 Å². The maximum absolute atomic E-state index is 5.82. The number of nitrogens with one attached hydrogen (secondary N) is 1. The summed E-state index contributed by atoms with van der Waals surface area (Å²) in [7, 11) is 0. The van der Waals surface area contributed by atoms with Gasteiger partial charge in [0.15, 0.2) is 0 Å². The molecule has 2 rings (SSSR count). The van der Waals surface area contributed by atoms with Gasteiger partial charge in [0.05, 0.1) is 6.04 Å². The lowest BCUT2D eigenvalue weighted by Crippen LogP contribution is -2.30. The summed E-state index contributed by atoms with van der Waals surface area (Å²) in [4.78, 5) is 0. The van der Waals surface area contributed by atoms with E-state index >= 15 is 0 Å². The molecule has 0 aromatic heterocycles. The molecule has 0 saturated heterocycles. The van der Waals surface area contributed by atoms with Gasteiger partial charge in [0.1, 0.15) is 0 Å². The molecule has 0 amide bonds. The third kappa shape index (κ3) is 3.52. The van der Waals surface area contributed by atoms with Gasteiger partial charge in [-0.3, -0.25) is 11.3 Å². The Hall–Kier alpha value is -1.64. The minimum atomic E-state index is 0.143. The molecule has 2 aromatic carbocycles. The van der Waals surface area contributed by atoms with Gasteiger partial charge in [-0.2, -0.15) is 0 Å². The Morgan fingerprint density at radius 1 is 0.857 bits per heavy atom. The van der Waals surface area contributed by atoms with Crippen LogP contribution in [0.15, 0.2) is 30.3 Å². The third-order valence-corrected chi connectivity index (χ3v) is 4.38. The molecule has 2 aromatic rings. The first-order valence-corrected chi connectivity index (χ1v) is 7.52. The van der Waals surface area contributed by atoms with Crippen molar-refractivity contribution in [3.63, 3.8) is 0 Å². The van der Waals surface area contributed by atoms with Gasteiger partial charge in [-0.15, -0.1) is 0 Å². The maximum Gasteiger partial charge on any atom is 0.0500 e. The highest BCUT2D eigenvalue weighted by molar-refractivity contribution is 5.39. The number of aryl methyl sites for hydroxylation is 5. The minimum absolute atomic E-state index is 0.143. The number of nitrogens with two attached hydrogens (primary N) is 1. The van der Waals surface area contributed by atoms with Crippen molar-refractivity contribution in [2.75, 3.05) is 0 Å². The van der Waals surface area contributed by atoms with Gasteiger partial charge in [-0.05, 0) is 74.4 Å². The van der Waals surface area contributed by atoms with Crippen LogP contribution in [0.4, 0.5) is 0 Å². The van der Waals surface area contributed by atoms with Crippen molar-refractivity contribution in [2.24, 2.45) is 5.84 Å². The summed E-state index contributed by atoms with van der Waals surface area (Å²) < 4.78 is 0. The summed E-state index contributed by atoms with van der Waals surface area (Å²) >= 11 is 0. The van der Waals surface area contributed by atoms with Gasteiger partial charge in [-0.25, -0.2) is 0 Å². The van der Waals surface area contributed by atoms with Crippen LogP contribution in [-0.4, -0.2) is 0 Å². The molecule has 0 aliphatic rings. The van der Waals surface area contributed by atoms with Crippen LogP contribution in [0.5, 0.6) is 0 Å².